The summed E-state index contributed by atoms with van der Waals surface area (Å²) in [5.41, 5.74) is 0. The van der Waals surface area contributed by atoms with Gasteiger partial charge in [0.2, 0.25) is 0 Å². The number of rotatable bonds is 6. The molecule has 1 amide bonds. The first-order valence-corrected chi connectivity index (χ1v) is 6.43. The van der Waals surface area contributed by atoms with Crippen LogP contribution in [-0.2, 0) is 0 Å². The Labute approximate surface area is 116 Å². The normalized spacial score (nSPS) is 11.9. The Morgan fingerprint density at radius 2 is 2.15 bits per heavy atom. The van der Waals surface area contributed by atoms with Crippen LogP contribution in [0.4, 0.5) is 4.39 Å². The summed E-state index contributed by atoms with van der Waals surface area (Å²) < 4.78 is 24.0. The smallest absolute Gasteiger partial charge is 0.287 e. The van der Waals surface area contributed by atoms with Gasteiger partial charge in [-0.25, -0.2) is 4.39 Å². The summed E-state index contributed by atoms with van der Waals surface area (Å²) in [6.07, 6.45) is 1.78. The van der Waals surface area contributed by atoms with Crippen molar-refractivity contribution in [3.63, 3.8) is 0 Å². The molecule has 0 bridgehead atoms. The second-order valence-corrected chi connectivity index (χ2v) is 4.27. The van der Waals surface area contributed by atoms with Gasteiger partial charge in [-0.1, -0.05) is 19.1 Å². The molecule has 0 fully saturated rings. The van der Waals surface area contributed by atoms with Crippen LogP contribution >= 0.6 is 0 Å². The number of nitrogens with one attached hydrogen (secondary N) is 1. The third-order valence-electron chi connectivity index (χ3n) is 2.82. The molecule has 0 radical (unpaired) electrons. The lowest BCUT2D eigenvalue weighted by Crippen LogP contribution is -2.35. The highest BCUT2D eigenvalue weighted by atomic mass is 19.1. The van der Waals surface area contributed by atoms with E-state index in [4.69, 9.17) is 9.15 Å². The van der Waals surface area contributed by atoms with E-state index in [1.807, 2.05) is 6.92 Å². The highest BCUT2D eigenvalue weighted by Gasteiger charge is 2.14. The van der Waals surface area contributed by atoms with Crippen molar-refractivity contribution in [2.45, 2.75) is 19.4 Å². The standard InChI is InChI=1S/C15H16FNO3/c1-2-11(20-13-7-4-3-6-12(13)16)10-17-15(18)14-8-5-9-19-14/h3-9,11H,2,10H2,1H3,(H,17,18). The van der Waals surface area contributed by atoms with Gasteiger partial charge >= 0.3 is 0 Å². The number of ether oxygens (including phenoxy) is 1. The Kier molecular flexibility index (Phi) is 4.76. The number of furan rings is 1. The third-order valence-corrected chi connectivity index (χ3v) is 2.82. The minimum atomic E-state index is -0.414. The highest BCUT2D eigenvalue weighted by molar-refractivity contribution is 5.91. The van der Waals surface area contributed by atoms with E-state index in [0.29, 0.717) is 6.42 Å². The Hall–Kier alpha value is -2.30. The fourth-order valence-electron chi connectivity index (χ4n) is 1.69. The number of para-hydroxylation sites is 1. The summed E-state index contributed by atoms with van der Waals surface area (Å²) in [7, 11) is 0. The van der Waals surface area contributed by atoms with E-state index in [1.54, 1.807) is 30.3 Å². The Morgan fingerprint density at radius 3 is 2.80 bits per heavy atom. The van der Waals surface area contributed by atoms with Gasteiger partial charge in [0, 0.05) is 0 Å². The summed E-state index contributed by atoms with van der Waals surface area (Å²) in [5.74, 6) is -0.300. The first-order valence-electron chi connectivity index (χ1n) is 6.43. The summed E-state index contributed by atoms with van der Waals surface area (Å²) in [6, 6.07) is 9.42. The molecular formula is C15H16FNO3. The first-order chi connectivity index (χ1) is 9.70. The maximum absolute atomic E-state index is 13.5. The van der Waals surface area contributed by atoms with E-state index < -0.39 is 5.82 Å². The largest absolute Gasteiger partial charge is 0.486 e. The summed E-state index contributed by atoms with van der Waals surface area (Å²) in [6.45, 7) is 2.19. The molecule has 106 valence electrons. The Morgan fingerprint density at radius 1 is 1.35 bits per heavy atom. The third kappa shape index (κ3) is 3.60. The zero-order chi connectivity index (χ0) is 14.4. The zero-order valence-electron chi connectivity index (χ0n) is 11.1. The van der Waals surface area contributed by atoms with Crippen molar-refractivity contribution in [2.75, 3.05) is 6.54 Å². The minimum absolute atomic E-state index is 0.187. The first kappa shape index (κ1) is 14.1. The second-order valence-electron chi connectivity index (χ2n) is 4.27. The molecule has 1 atom stereocenters. The second kappa shape index (κ2) is 6.75. The summed E-state index contributed by atoms with van der Waals surface area (Å²) in [5, 5.41) is 2.70. The highest BCUT2D eigenvalue weighted by Crippen LogP contribution is 2.17. The van der Waals surface area contributed by atoms with E-state index in [9.17, 15) is 9.18 Å². The number of carbonyl (C=O) groups excluding carboxylic acids is 1. The number of carbonyl (C=O) groups is 1. The molecule has 1 aromatic carbocycles. The molecule has 0 aliphatic heterocycles. The predicted octanol–water partition coefficient (Wildman–Crippen LogP) is 3.01. The Balaban J connectivity index is 1.90. The number of amides is 1. The number of halogens is 1. The zero-order valence-corrected chi connectivity index (χ0v) is 11.1. The number of hydrogen-bond donors (Lipinski definition) is 1. The molecule has 1 aromatic heterocycles. The van der Waals surface area contributed by atoms with Crippen molar-refractivity contribution in [3.8, 4) is 5.75 Å². The van der Waals surface area contributed by atoms with Gasteiger partial charge in [0.1, 0.15) is 6.10 Å². The van der Waals surface area contributed by atoms with Crippen LogP contribution in [0.2, 0.25) is 0 Å². The molecule has 0 aliphatic carbocycles. The van der Waals surface area contributed by atoms with Crippen LogP contribution in [0, 0.1) is 5.82 Å². The van der Waals surface area contributed by atoms with Gasteiger partial charge in [-0.3, -0.25) is 4.79 Å². The molecule has 1 heterocycles. The van der Waals surface area contributed by atoms with Crippen molar-refractivity contribution in [1.29, 1.82) is 0 Å². The van der Waals surface area contributed by atoms with E-state index in [1.165, 1.54) is 12.3 Å². The molecule has 20 heavy (non-hydrogen) atoms. The van der Waals surface area contributed by atoms with Crippen LogP contribution in [0.1, 0.15) is 23.9 Å². The lowest BCUT2D eigenvalue weighted by atomic mass is 10.2. The average Bonchev–Trinajstić information content (AvgIpc) is 2.99. The minimum Gasteiger partial charge on any atom is -0.486 e. The maximum atomic E-state index is 13.5. The van der Waals surface area contributed by atoms with Crippen molar-refractivity contribution < 1.29 is 18.3 Å². The van der Waals surface area contributed by atoms with Crippen molar-refractivity contribution in [3.05, 3.63) is 54.2 Å². The SMILES string of the molecule is CCC(CNC(=O)c1ccco1)Oc1ccccc1F. The fourth-order valence-corrected chi connectivity index (χ4v) is 1.69. The van der Waals surface area contributed by atoms with Crippen molar-refractivity contribution in [2.24, 2.45) is 0 Å². The molecular weight excluding hydrogens is 261 g/mol. The van der Waals surface area contributed by atoms with Crippen molar-refractivity contribution in [1.82, 2.24) is 5.32 Å². The molecule has 4 nitrogen and oxygen atoms in total. The van der Waals surface area contributed by atoms with E-state index in [-0.39, 0.29) is 30.1 Å². The summed E-state index contributed by atoms with van der Waals surface area (Å²) in [4.78, 5) is 11.7. The van der Waals surface area contributed by atoms with E-state index >= 15 is 0 Å². The van der Waals surface area contributed by atoms with Crippen LogP contribution in [0.15, 0.2) is 47.1 Å². The molecule has 1 unspecified atom stereocenters. The van der Waals surface area contributed by atoms with Gasteiger partial charge < -0.3 is 14.5 Å². The van der Waals surface area contributed by atoms with Crippen molar-refractivity contribution >= 4 is 5.91 Å². The van der Waals surface area contributed by atoms with Crippen LogP contribution in [0.3, 0.4) is 0 Å². The molecule has 0 spiro atoms. The quantitative estimate of drug-likeness (QED) is 0.883. The summed E-state index contributed by atoms with van der Waals surface area (Å²) >= 11 is 0. The van der Waals surface area contributed by atoms with Gasteiger partial charge in [-0.05, 0) is 30.7 Å². The lowest BCUT2D eigenvalue weighted by molar-refractivity contribution is 0.0897. The van der Waals surface area contributed by atoms with Gasteiger partial charge in [0.25, 0.3) is 5.91 Å². The number of benzene rings is 1. The van der Waals surface area contributed by atoms with Gasteiger partial charge in [-0.2, -0.15) is 0 Å². The Bertz CT molecular complexity index is 554. The van der Waals surface area contributed by atoms with Crippen LogP contribution in [0.5, 0.6) is 5.75 Å². The molecule has 5 heteroatoms. The maximum Gasteiger partial charge on any atom is 0.287 e. The van der Waals surface area contributed by atoms with E-state index in [2.05, 4.69) is 5.32 Å². The van der Waals surface area contributed by atoms with Crippen LogP contribution < -0.4 is 10.1 Å². The fraction of sp³-hybridized carbons (Fsp3) is 0.267. The lowest BCUT2D eigenvalue weighted by Gasteiger charge is -2.18. The molecule has 0 saturated heterocycles. The van der Waals surface area contributed by atoms with Crippen LogP contribution in [-0.4, -0.2) is 18.6 Å². The topological polar surface area (TPSA) is 51.5 Å². The molecule has 0 saturated carbocycles. The predicted molar refractivity (Wildman–Crippen MR) is 72.1 cm³/mol. The monoisotopic (exact) mass is 277 g/mol. The van der Waals surface area contributed by atoms with Crippen LogP contribution in [0.25, 0.3) is 0 Å². The molecule has 0 aliphatic rings. The van der Waals surface area contributed by atoms with Gasteiger partial charge in [-0.15, -0.1) is 0 Å². The molecule has 2 aromatic rings. The average molecular weight is 277 g/mol. The molecule has 1 N–H and O–H groups in total. The van der Waals surface area contributed by atoms with Gasteiger partial charge in [0.15, 0.2) is 17.3 Å². The van der Waals surface area contributed by atoms with Gasteiger partial charge in [0.05, 0.1) is 12.8 Å². The molecule has 2 rings (SSSR count). The number of hydrogen-bond acceptors (Lipinski definition) is 3. The van der Waals surface area contributed by atoms with E-state index in [0.717, 1.165) is 0 Å².